The van der Waals surface area contributed by atoms with E-state index < -0.39 is 0 Å². The van der Waals surface area contributed by atoms with Crippen LogP contribution in [0.5, 0.6) is 5.75 Å². The summed E-state index contributed by atoms with van der Waals surface area (Å²) < 4.78 is 11.3. The molecule has 0 spiro atoms. The molecule has 0 bridgehead atoms. The molecule has 0 aliphatic heterocycles. The van der Waals surface area contributed by atoms with Crippen LogP contribution in [0, 0.1) is 0 Å². The highest BCUT2D eigenvalue weighted by atomic mass is 16.5. The molecule has 0 aromatic heterocycles. The second-order valence-electron chi connectivity index (χ2n) is 7.01. The van der Waals surface area contributed by atoms with E-state index in [0.29, 0.717) is 12.1 Å². The van der Waals surface area contributed by atoms with Crippen molar-refractivity contribution in [3.05, 3.63) is 29.8 Å². The van der Waals surface area contributed by atoms with Crippen molar-refractivity contribution in [1.29, 1.82) is 0 Å². The van der Waals surface area contributed by atoms with E-state index in [1.54, 1.807) is 7.11 Å². The lowest BCUT2D eigenvalue weighted by Crippen LogP contribution is -2.36. The van der Waals surface area contributed by atoms with Crippen LogP contribution in [0.2, 0.25) is 0 Å². The Balaban J connectivity index is 1.68. The lowest BCUT2D eigenvalue weighted by atomic mass is 9.98. The molecule has 1 aliphatic rings. The maximum absolute atomic E-state index is 6.06. The van der Waals surface area contributed by atoms with Gasteiger partial charge in [-0.05, 0) is 56.8 Å². The summed E-state index contributed by atoms with van der Waals surface area (Å²) >= 11 is 0. The third-order valence-electron chi connectivity index (χ3n) is 5.22. The first-order valence-electron chi connectivity index (χ1n) is 9.71. The van der Waals surface area contributed by atoms with Crippen LogP contribution in [0.25, 0.3) is 0 Å². The summed E-state index contributed by atoms with van der Waals surface area (Å²) in [5, 5.41) is 0. The lowest BCUT2D eigenvalue weighted by molar-refractivity contribution is 0.0222. The van der Waals surface area contributed by atoms with E-state index in [2.05, 4.69) is 43.0 Å². The standard InChI is InChI=1S/C21H35NO2/c1-4-22(15-8-16-24-21-9-6-5-7-10-21)18(2)17-19-11-13-20(23-3)14-12-19/h11-14,18,21H,4-10,15-17H2,1-3H3. The predicted molar refractivity (Wildman–Crippen MR) is 101 cm³/mol. The monoisotopic (exact) mass is 333 g/mol. The first-order valence-corrected chi connectivity index (χ1v) is 9.71. The Morgan fingerprint density at radius 2 is 1.83 bits per heavy atom. The van der Waals surface area contributed by atoms with Gasteiger partial charge in [0.05, 0.1) is 13.2 Å². The molecule has 0 saturated heterocycles. The fourth-order valence-electron chi connectivity index (χ4n) is 3.67. The van der Waals surface area contributed by atoms with Crippen LogP contribution in [0.1, 0.15) is 57.9 Å². The number of hydrogen-bond acceptors (Lipinski definition) is 3. The second-order valence-corrected chi connectivity index (χ2v) is 7.01. The van der Waals surface area contributed by atoms with Gasteiger partial charge in [0.25, 0.3) is 0 Å². The summed E-state index contributed by atoms with van der Waals surface area (Å²) in [4.78, 5) is 2.56. The Bertz CT molecular complexity index is 440. The zero-order valence-corrected chi connectivity index (χ0v) is 15.8. The number of hydrogen-bond donors (Lipinski definition) is 0. The first kappa shape index (κ1) is 19.3. The molecule has 3 heteroatoms. The van der Waals surface area contributed by atoms with Gasteiger partial charge in [-0.2, -0.15) is 0 Å². The van der Waals surface area contributed by atoms with Gasteiger partial charge in [-0.3, -0.25) is 0 Å². The molecule has 1 aromatic rings. The molecule has 1 aromatic carbocycles. The molecule has 1 fully saturated rings. The van der Waals surface area contributed by atoms with Crippen molar-refractivity contribution in [2.45, 2.75) is 70.9 Å². The van der Waals surface area contributed by atoms with Gasteiger partial charge in [0, 0.05) is 19.2 Å². The second kappa shape index (κ2) is 10.7. The van der Waals surface area contributed by atoms with E-state index in [1.807, 2.05) is 0 Å². The van der Waals surface area contributed by atoms with Crippen molar-refractivity contribution in [3.8, 4) is 5.75 Å². The van der Waals surface area contributed by atoms with Gasteiger partial charge in [0.1, 0.15) is 5.75 Å². The maximum atomic E-state index is 6.06. The number of rotatable bonds is 10. The Hall–Kier alpha value is -1.06. The molecular weight excluding hydrogens is 298 g/mol. The third kappa shape index (κ3) is 6.45. The predicted octanol–water partition coefficient (Wildman–Crippen LogP) is 4.69. The molecule has 0 amide bonds. The van der Waals surface area contributed by atoms with E-state index in [0.717, 1.165) is 38.3 Å². The Morgan fingerprint density at radius 1 is 1.12 bits per heavy atom. The van der Waals surface area contributed by atoms with E-state index in [9.17, 15) is 0 Å². The minimum absolute atomic E-state index is 0.533. The highest BCUT2D eigenvalue weighted by Gasteiger charge is 2.15. The van der Waals surface area contributed by atoms with Gasteiger partial charge < -0.3 is 14.4 Å². The van der Waals surface area contributed by atoms with Crippen molar-refractivity contribution < 1.29 is 9.47 Å². The van der Waals surface area contributed by atoms with E-state index in [1.165, 1.54) is 37.7 Å². The maximum Gasteiger partial charge on any atom is 0.118 e. The summed E-state index contributed by atoms with van der Waals surface area (Å²) in [5.74, 6) is 0.929. The Labute approximate surface area is 148 Å². The van der Waals surface area contributed by atoms with Gasteiger partial charge in [-0.25, -0.2) is 0 Å². The van der Waals surface area contributed by atoms with Gasteiger partial charge >= 0.3 is 0 Å². The zero-order valence-electron chi connectivity index (χ0n) is 15.8. The highest BCUT2D eigenvalue weighted by Crippen LogP contribution is 2.20. The van der Waals surface area contributed by atoms with Gasteiger partial charge in [-0.15, -0.1) is 0 Å². The molecule has 1 unspecified atom stereocenters. The van der Waals surface area contributed by atoms with Crippen LogP contribution in [0.4, 0.5) is 0 Å². The van der Waals surface area contributed by atoms with E-state index in [-0.39, 0.29) is 0 Å². The van der Waals surface area contributed by atoms with Crippen LogP contribution in [-0.4, -0.2) is 43.9 Å². The average Bonchev–Trinajstić information content (AvgIpc) is 2.63. The molecule has 3 nitrogen and oxygen atoms in total. The summed E-state index contributed by atoms with van der Waals surface area (Å²) in [6.45, 7) is 7.72. The topological polar surface area (TPSA) is 21.7 Å². The number of methoxy groups -OCH3 is 1. The largest absolute Gasteiger partial charge is 0.497 e. The van der Waals surface area contributed by atoms with Crippen molar-refractivity contribution in [1.82, 2.24) is 4.90 Å². The molecule has 1 aliphatic carbocycles. The molecule has 1 atom stereocenters. The van der Waals surface area contributed by atoms with Crippen molar-refractivity contribution in [2.24, 2.45) is 0 Å². The Morgan fingerprint density at radius 3 is 2.46 bits per heavy atom. The number of likely N-dealkylation sites (N-methyl/N-ethyl adjacent to an activating group) is 1. The molecule has 0 N–H and O–H groups in total. The lowest BCUT2D eigenvalue weighted by Gasteiger charge is -2.28. The minimum Gasteiger partial charge on any atom is -0.497 e. The quantitative estimate of drug-likeness (QED) is 0.580. The third-order valence-corrected chi connectivity index (χ3v) is 5.22. The minimum atomic E-state index is 0.533. The summed E-state index contributed by atoms with van der Waals surface area (Å²) in [7, 11) is 1.71. The van der Waals surface area contributed by atoms with Crippen molar-refractivity contribution in [2.75, 3.05) is 26.8 Å². The smallest absolute Gasteiger partial charge is 0.118 e. The normalized spacial score (nSPS) is 17.2. The van der Waals surface area contributed by atoms with Gasteiger partial charge in [0.2, 0.25) is 0 Å². The number of benzene rings is 1. The van der Waals surface area contributed by atoms with Gasteiger partial charge in [0.15, 0.2) is 0 Å². The number of ether oxygens (including phenoxy) is 2. The van der Waals surface area contributed by atoms with Crippen molar-refractivity contribution >= 4 is 0 Å². The fourth-order valence-corrected chi connectivity index (χ4v) is 3.67. The van der Waals surface area contributed by atoms with E-state index >= 15 is 0 Å². The molecule has 1 saturated carbocycles. The van der Waals surface area contributed by atoms with E-state index in [4.69, 9.17) is 9.47 Å². The molecule has 0 radical (unpaired) electrons. The average molecular weight is 334 g/mol. The fraction of sp³-hybridized carbons (Fsp3) is 0.714. The van der Waals surface area contributed by atoms with Crippen LogP contribution in [-0.2, 0) is 11.2 Å². The first-order chi connectivity index (χ1) is 11.7. The molecule has 2 rings (SSSR count). The van der Waals surface area contributed by atoms with Crippen LogP contribution in [0.3, 0.4) is 0 Å². The van der Waals surface area contributed by atoms with Crippen LogP contribution in [0.15, 0.2) is 24.3 Å². The van der Waals surface area contributed by atoms with Crippen molar-refractivity contribution in [3.63, 3.8) is 0 Å². The molecular formula is C21H35NO2. The summed E-state index contributed by atoms with van der Waals surface area (Å²) in [6.07, 6.45) is 9.39. The summed E-state index contributed by atoms with van der Waals surface area (Å²) in [6, 6.07) is 9.01. The van der Waals surface area contributed by atoms with Crippen LogP contribution < -0.4 is 4.74 Å². The molecule has 24 heavy (non-hydrogen) atoms. The van der Waals surface area contributed by atoms with Crippen LogP contribution >= 0.6 is 0 Å². The highest BCUT2D eigenvalue weighted by molar-refractivity contribution is 5.27. The number of nitrogens with zero attached hydrogens (tertiary/aromatic N) is 1. The molecule has 0 heterocycles. The van der Waals surface area contributed by atoms with Gasteiger partial charge in [-0.1, -0.05) is 38.3 Å². The SMILES string of the molecule is CCN(CCCOC1CCCCC1)C(C)Cc1ccc(OC)cc1. The molecule has 136 valence electrons. The summed E-state index contributed by atoms with van der Waals surface area (Å²) in [5.41, 5.74) is 1.38. The zero-order chi connectivity index (χ0) is 17.2. The Kier molecular flexibility index (Phi) is 8.62.